The van der Waals surface area contributed by atoms with Crippen LogP contribution in [0.25, 0.3) is 0 Å². The van der Waals surface area contributed by atoms with E-state index in [1.165, 1.54) is 17.7 Å². The van der Waals surface area contributed by atoms with E-state index in [2.05, 4.69) is 60.0 Å². The molecule has 0 amide bonds. The average molecular weight is 290 g/mol. The van der Waals surface area contributed by atoms with Crippen molar-refractivity contribution in [3.63, 3.8) is 0 Å². The smallest absolute Gasteiger partial charge is 0.0474 e. The summed E-state index contributed by atoms with van der Waals surface area (Å²) < 4.78 is 0. The van der Waals surface area contributed by atoms with Gasteiger partial charge in [0.1, 0.15) is 0 Å². The number of aryl methyl sites for hydroxylation is 1. The molecule has 2 N–H and O–H groups in total. The third-order valence-corrected chi connectivity index (χ3v) is 4.48. The number of nitrogens with zero attached hydrogens (tertiary/aromatic N) is 3. The summed E-state index contributed by atoms with van der Waals surface area (Å²) in [4.78, 5) is 7.36. The maximum Gasteiger partial charge on any atom is 0.0474 e. The largest absolute Gasteiger partial charge is 0.329 e. The van der Waals surface area contributed by atoms with Gasteiger partial charge in [-0.15, -0.1) is 0 Å². The van der Waals surface area contributed by atoms with Crippen LogP contribution in [0.4, 0.5) is 0 Å². The molecule has 1 atom stereocenters. The van der Waals surface area contributed by atoms with Crippen molar-refractivity contribution in [1.82, 2.24) is 14.7 Å². The first-order chi connectivity index (χ1) is 10.1. The third kappa shape index (κ3) is 4.51. The summed E-state index contributed by atoms with van der Waals surface area (Å²) in [6, 6.07) is 9.00. The molecule has 2 rings (SSSR count). The van der Waals surface area contributed by atoms with E-state index in [1.807, 2.05) is 0 Å². The zero-order valence-electron chi connectivity index (χ0n) is 13.8. The van der Waals surface area contributed by atoms with Crippen LogP contribution in [-0.2, 0) is 0 Å². The molecule has 1 saturated heterocycles. The second kappa shape index (κ2) is 7.90. The van der Waals surface area contributed by atoms with Crippen LogP contribution in [0.3, 0.4) is 0 Å². The second-order valence-corrected chi connectivity index (χ2v) is 6.29. The molecule has 1 aromatic carbocycles. The van der Waals surface area contributed by atoms with E-state index in [-0.39, 0.29) is 0 Å². The van der Waals surface area contributed by atoms with E-state index in [0.717, 1.165) is 32.7 Å². The van der Waals surface area contributed by atoms with Gasteiger partial charge in [0, 0.05) is 51.9 Å². The fraction of sp³-hybridized carbons (Fsp3) is 0.647. The second-order valence-electron chi connectivity index (χ2n) is 6.29. The Bertz CT molecular complexity index is 425. The first kappa shape index (κ1) is 16.4. The molecular weight excluding hydrogens is 260 g/mol. The fourth-order valence-corrected chi connectivity index (χ4v) is 3.07. The lowest BCUT2D eigenvalue weighted by Gasteiger charge is -2.39. The van der Waals surface area contributed by atoms with E-state index in [1.54, 1.807) is 0 Å². The Morgan fingerprint density at radius 1 is 1.14 bits per heavy atom. The van der Waals surface area contributed by atoms with Crippen LogP contribution in [0.5, 0.6) is 0 Å². The minimum absolute atomic E-state index is 0.363. The highest BCUT2D eigenvalue weighted by Gasteiger charge is 2.24. The monoisotopic (exact) mass is 290 g/mol. The van der Waals surface area contributed by atoms with Crippen LogP contribution in [0.15, 0.2) is 24.3 Å². The van der Waals surface area contributed by atoms with Gasteiger partial charge in [-0.3, -0.25) is 9.80 Å². The maximum absolute atomic E-state index is 6.08. The van der Waals surface area contributed by atoms with Crippen LogP contribution in [0.2, 0.25) is 0 Å². The summed E-state index contributed by atoms with van der Waals surface area (Å²) in [6.07, 6.45) is 0. The molecule has 0 aromatic heterocycles. The van der Waals surface area contributed by atoms with Gasteiger partial charge < -0.3 is 10.6 Å². The molecule has 0 bridgehead atoms. The summed E-state index contributed by atoms with van der Waals surface area (Å²) in [6.45, 7) is 9.71. The summed E-state index contributed by atoms with van der Waals surface area (Å²) in [7, 11) is 4.28. The molecule has 1 heterocycles. The van der Waals surface area contributed by atoms with Gasteiger partial charge in [-0.05, 0) is 32.1 Å². The highest BCUT2D eigenvalue weighted by atomic mass is 15.3. The van der Waals surface area contributed by atoms with E-state index in [4.69, 9.17) is 5.73 Å². The first-order valence-electron chi connectivity index (χ1n) is 7.98. The molecule has 21 heavy (non-hydrogen) atoms. The van der Waals surface area contributed by atoms with Crippen LogP contribution >= 0.6 is 0 Å². The van der Waals surface area contributed by atoms with E-state index in [9.17, 15) is 0 Å². The standard InChI is InChI=1S/C17H30N4/c1-15-6-4-5-7-16(15)17(14-18)21-12-10-20(11-13-21)9-8-19(2)3/h4-7,17H,8-14,18H2,1-3H3. The number of likely N-dealkylation sites (N-methyl/N-ethyl adjacent to an activating group) is 1. The Balaban J connectivity index is 1.92. The Morgan fingerprint density at radius 3 is 2.38 bits per heavy atom. The maximum atomic E-state index is 6.08. The fourth-order valence-electron chi connectivity index (χ4n) is 3.07. The lowest BCUT2D eigenvalue weighted by molar-refractivity contribution is 0.0938. The van der Waals surface area contributed by atoms with Crippen molar-refractivity contribution in [2.24, 2.45) is 5.73 Å². The van der Waals surface area contributed by atoms with Crippen LogP contribution in [0.1, 0.15) is 17.2 Å². The van der Waals surface area contributed by atoms with Crippen molar-refractivity contribution in [3.05, 3.63) is 35.4 Å². The van der Waals surface area contributed by atoms with Crippen molar-refractivity contribution >= 4 is 0 Å². The minimum atomic E-state index is 0.363. The number of piperazine rings is 1. The molecule has 1 unspecified atom stereocenters. The summed E-state index contributed by atoms with van der Waals surface area (Å²) in [5.74, 6) is 0. The molecular formula is C17H30N4. The normalized spacial score (nSPS) is 19.1. The SMILES string of the molecule is Cc1ccccc1C(CN)N1CCN(CCN(C)C)CC1. The highest BCUT2D eigenvalue weighted by Crippen LogP contribution is 2.23. The highest BCUT2D eigenvalue weighted by molar-refractivity contribution is 5.29. The van der Waals surface area contributed by atoms with Gasteiger partial charge in [0.15, 0.2) is 0 Å². The average Bonchev–Trinajstić information content (AvgIpc) is 2.49. The molecule has 0 radical (unpaired) electrons. The zero-order chi connectivity index (χ0) is 15.2. The molecule has 4 heteroatoms. The lowest BCUT2D eigenvalue weighted by atomic mass is 9.99. The van der Waals surface area contributed by atoms with Gasteiger partial charge in [-0.1, -0.05) is 24.3 Å². The van der Waals surface area contributed by atoms with Gasteiger partial charge in [-0.2, -0.15) is 0 Å². The minimum Gasteiger partial charge on any atom is -0.329 e. The van der Waals surface area contributed by atoms with Crippen molar-refractivity contribution < 1.29 is 0 Å². The Morgan fingerprint density at radius 2 is 1.81 bits per heavy atom. The Hall–Kier alpha value is -0.940. The number of benzene rings is 1. The number of hydrogen-bond donors (Lipinski definition) is 1. The number of rotatable bonds is 6. The van der Waals surface area contributed by atoms with Crippen molar-refractivity contribution in [2.45, 2.75) is 13.0 Å². The van der Waals surface area contributed by atoms with Gasteiger partial charge in [-0.25, -0.2) is 0 Å². The summed E-state index contributed by atoms with van der Waals surface area (Å²) >= 11 is 0. The molecule has 1 aliphatic heterocycles. The molecule has 1 aromatic rings. The quantitative estimate of drug-likeness (QED) is 0.853. The Labute approximate surface area is 129 Å². The van der Waals surface area contributed by atoms with Crippen molar-refractivity contribution in [3.8, 4) is 0 Å². The summed E-state index contributed by atoms with van der Waals surface area (Å²) in [5.41, 5.74) is 8.82. The summed E-state index contributed by atoms with van der Waals surface area (Å²) in [5, 5.41) is 0. The molecule has 118 valence electrons. The lowest BCUT2D eigenvalue weighted by Crippen LogP contribution is -2.50. The van der Waals surface area contributed by atoms with Gasteiger partial charge in [0.05, 0.1) is 0 Å². The molecule has 4 nitrogen and oxygen atoms in total. The molecule has 0 saturated carbocycles. The van der Waals surface area contributed by atoms with E-state index in [0.29, 0.717) is 12.6 Å². The van der Waals surface area contributed by atoms with Gasteiger partial charge in [0.2, 0.25) is 0 Å². The van der Waals surface area contributed by atoms with Crippen LogP contribution in [0, 0.1) is 6.92 Å². The van der Waals surface area contributed by atoms with Crippen molar-refractivity contribution in [2.75, 3.05) is 59.9 Å². The predicted molar refractivity (Wildman–Crippen MR) is 89.5 cm³/mol. The van der Waals surface area contributed by atoms with Gasteiger partial charge >= 0.3 is 0 Å². The predicted octanol–water partition coefficient (Wildman–Crippen LogP) is 1.17. The molecule has 0 spiro atoms. The van der Waals surface area contributed by atoms with Gasteiger partial charge in [0.25, 0.3) is 0 Å². The first-order valence-corrected chi connectivity index (χ1v) is 7.98. The molecule has 1 fully saturated rings. The van der Waals surface area contributed by atoms with Crippen LogP contribution in [-0.4, -0.2) is 74.6 Å². The third-order valence-electron chi connectivity index (χ3n) is 4.48. The number of nitrogens with two attached hydrogens (primary N) is 1. The van der Waals surface area contributed by atoms with E-state index < -0.39 is 0 Å². The van der Waals surface area contributed by atoms with Crippen molar-refractivity contribution in [1.29, 1.82) is 0 Å². The molecule has 1 aliphatic rings. The Kier molecular flexibility index (Phi) is 6.18. The van der Waals surface area contributed by atoms with E-state index >= 15 is 0 Å². The van der Waals surface area contributed by atoms with Crippen LogP contribution < -0.4 is 5.73 Å². The zero-order valence-corrected chi connectivity index (χ0v) is 13.8. The molecule has 0 aliphatic carbocycles. The topological polar surface area (TPSA) is 35.7 Å². The number of hydrogen-bond acceptors (Lipinski definition) is 4.